The molecule has 2 heterocycles. The Morgan fingerprint density at radius 3 is 2.83 bits per heavy atom. The zero-order chi connectivity index (χ0) is 17.1. The zero-order valence-electron chi connectivity index (χ0n) is 12.5. The monoisotopic (exact) mass is 344 g/mol. The number of aromatic nitrogens is 3. The van der Waals surface area contributed by atoms with Gasteiger partial charge in [-0.3, -0.25) is 4.79 Å². The van der Waals surface area contributed by atoms with Crippen molar-refractivity contribution in [3.05, 3.63) is 57.3 Å². The molecule has 9 heteroatoms. The number of ether oxygens (including phenoxy) is 1. The molecule has 1 aromatic carbocycles. The van der Waals surface area contributed by atoms with Crippen molar-refractivity contribution in [1.29, 1.82) is 0 Å². The Bertz CT molecular complexity index is 1000. The third kappa shape index (κ3) is 3.10. The van der Waals surface area contributed by atoms with Gasteiger partial charge in [-0.1, -0.05) is 0 Å². The summed E-state index contributed by atoms with van der Waals surface area (Å²) in [5, 5.41) is 20.2. The fourth-order valence-corrected chi connectivity index (χ4v) is 2.11. The summed E-state index contributed by atoms with van der Waals surface area (Å²) in [6.07, 6.45) is 2.25. The predicted octanol–water partition coefficient (Wildman–Crippen LogP) is 2.16. The number of nitrogens with zero attached hydrogens (tertiary/aromatic N) is 3. The standard InChI is InChI=1S/C15H12N4O4S/c1-22-10-4-2-9(3-5-10)14-17-18-15(24)19(14)16-7-11-6-12(20)13(21)8-23-11/h2-8,21H,1H3,(H,18,24). The number of benzene rings is 1. The van der Waals surface area contributed by atoms with Crippen LogP contribution in [-0.4, -0.2) is 33.3 Å². The summed E-state index contributed by atoms with van der Waals surface area (Å²) < 4.78 is 11.8. The summed E-state index contributed by atoms with van der Waals surface area (Å²) in [5.41, 5.74) is 0.210. The van der Waals surface area contributed by atoms with Crippen LogP contribution in [0.5, 0.6) is 11.5 Å². The number of nitrogens with one attached hydrogen (secondary N) is 1. The lowest BCUT2D eigenvalue weighted by Crippen LogP contribution is -2.00. The van der Waals surface area contributed by atoms with Crippen LogP contribution in [0.1, 0.15) is 5.76 Å². The smallest absolute Gasteiger partial charge is 0.227 e. The Labute approximate surface area is 140 Å². The van der Waals surface area contributed by atoms with Gasteiger partial charge >= 0.3 is 0 Å². The lowest BCUT2D eigenvalue weighted by molar-refractivity contribution is 0.415. The molecule has 0 radical (unpaired) electrons. The molecule has 0 aliphatic rings. The van der Waals surface area contributed by atoms with Gasteiger partial charge in [-0.25, -0.2) is 5.10 Å². The molecular weight excluding hydrogens is 332 g/mol. The molecule has 0 saturated heterocycles. The van der Waals surface area contributed by atoms with Gasteiger partial charge in [0.25, 0.3) is 0 Å². The fourth-order valence-electron chi connectivity index (χ4n) is 1.93. The number of H-pyrrole nitrogens is 1. The van der Waals surface area contributed by atoms with E-state index in [-0.39, 0.29) is 10.5 Å². The second kappa shape index (κ2) is 6.50. The van der Waals surface area contributed by atoms with Gasteiger partial charge in [-0.15, -0.1) is 0 Å². The van der Waals surface area contributed by atoms with Crippen LogP contribution in [0, 0.1) is 4.77 Å². The molecule has 0 bridgehead atoms. The third-order valence-corrected chi connectivity index (χ3v) is 3.40. The summed E-state index contributed by atoms with van der Waals surface area (Å²) in [6, 6.07) is 8.34. The van der Waals surface area contributed by atoms with Gasteiger partial charge < -0.3 is 14.3 Å². The molecular formula is C15H12N4O4S. The highest BCUT2D eigenvalue weighted by Crippen LogP contribution is 2.20. The van der Waals surface area contributed by atoms with E-state index in [9.17, 15) is 9.90 Å². The van der Waals surface area contributed by atoms with Crippen molar-refractivity contribution in [2.24, 2.45) is 5.10 Å². The normalized spacial score (nSPS) is 11.0. The summed E-state index contributed by atoms with van der Waals surface area (Å²) in [6.45, 7) is 0. The minimum Gasteiger partial charge on any atom is -0.502 e. The Morgan fingerprint density at radius 1 is 1.42 bits per heavy atom. The number of aromatic amines is 1. The summed E-state index contributed by atoms with van der Waals surface area (Å²) >= 11 is 5.16. The van der Waals surface area contributed by atoms with Gasteiger partial charge in [0.15, 0.2) is 17.3 Å². The highest BCUT2D eigenvalue weighted by Gasteiger charge is 2.08. The van der Waals surface area contributed by atoms with E-state index in [1.165, 1.54) is 10.9 Å². The molecule has 0 aliphatic carbocycles. The minimum atomic E-state index is -0.561. The van der Waals surface area contributed by atoms with Gasteiger partial charge in [-0.05, 0) is 36.5 Å². The van der Waals surface area contributed by atoms with Crippen LogP contribution in [-0.2, 0) is 0 Å². The SMILES string of the molecule is COc1ccc(-c2n[nH]c(=S)n2N=Cc2cc(=O)c(O)co2)cc1. The van der Waals surface area contributed by atoms with Crippen molar-refractivity contribution in [2.75, 3.05) is 7.11 Å². The van der Waals surface area contributed by atoms with E-state index in [1.807, 2.05) is 12.1 Å². The summed E-state index contributed by atoms with van der Waals surface area (Å²) in [5.74, 6) is 0.904. The van der Waals surface area contributed by atoms with E-state index in [0.29, 0.717) is 11.6 Å². The first kappa shape index (κ1) is 15.7. The Hall–Kier alpha value is -3.20. The van der Waals surface area contributed by atoms with Crippen LogP contribution in [0.25, 0.3) is 11.4 Å². The van der Waals surface area contributed by atoms with Gasteiger partial charge in [0.1, 0.15) is 12.0 Å². The van der Waals surface area contributed by atoms with Gasteiger partial charge in [0.2, 0.25) is 10.2 Å². The van der Waals surface area contributed by atoms with Gasteiger partial charge in [0, 0.05) is 11.6 Å². The minimum absolute atomic E-state index is 0.168. The zero-order valence-corrected chi connectivity index (χ0v) is 13.3. The van der Waals surface area contributed by atoms with Crippen molar-refractivity contribution < 1.29 is 14.3 Å². The van der Waals surface area contributed by atoms with Crippen molar-refractivity contribution in [3.63, 3.8) is 0 Å². The number of hydrogen-bond donors (Lipinski definition) is 2. The quantitative estimate of drug-likeness (QED) is 0.555. The van der Waals surface area contributed by atoms with E-state index < -0.39 is 11.2 Å². The van der Waals surface area contributed by atoms with E-state index in [2.05, 4.69) is 15.3 Å². The maximum absolute atomic E-state index is 11.4. The third-order valence-electron chi connectivity index (χ3n) is 3.13. The lowest BCUT2D eigenvalue weighted by Gasteiger charge is -2.03. The van der Waals surface area contributed by atoms with Crippen LogP contribution in [0.3, 0.4) is 0 Å². The van der Waals surface area contributed by atoms with Crippen LogP contribution in [0.15, 0.2) is 50.9 Å². The van der Waals surface area contributed by atoms with Crippen molar-refractivity contribution in [3.8, 4) is 22.9 Å². The van der Waals surface area contributed by atoms with Gasteiger partial charge in [-0.2, -0.15) is 14.9 Å². The highest BCUT2D eigenvalue weighted by molar-refractivity contribution is 7.71. The largest absolute Gasteiger partial charge is 0.502 e. The average molecular weight is 344 g/mol. The van der Waals surface area contributed by atoms with Crippen molar-refractivity contribution in [2.45, 2.75) is 0 Å². The molecule has 0 amide bonds. The van der Waals surface area contributed by atoms with Gasteiger partial charge in [0.05, 0.1) is 13.3 Å². The molecule has 122 valence electrons. The second-order valence-electron chi connectivity index (χ2n) is 4.67. The predicted molar refractivity (Wildman–Crippen MR) is 89.0 cm³/mol. The maximum Gasteiger partial charge on any atom is 0.227 e. The van der Waals surface area contributed by atoms with Crippen LogP contribution < -0.4 is 10.2 Å². The number of aromatic hydroxyl groups is 1. The van der Waals surface area contributed by atoms with E-state index in [0.717, 1.165) is 17.9 Å². The summed E-state index contributed by atoms with van der Waals surface area (Å²) in [4.78, 5) is 11.4. The molecule has 0 atom stereocenters. The summed E-state index contributed by atoms with van der Waals surface area (Å²) in [7, 11) is 1.58. The van der Waals surface area contributed by atoms with Crippen LogP contribution in [0.2, 0.25) is 0 Å². The van der Waals surface area contributed by atoms with Crippen LogP contribution >= 0.6 is 12.2 Å². The average Bonchev–Trinajstić information content (AvgIpc) is 2.97. The molecule has 0 aliphatic heterocycles. The highest BCUT2D eigenvalue weighted by atomic mass is 32.1. The molecule has 24 heavy (non-hydrogen) atoms. The Morgan fingerprint density at radius 2 is 2.17 bits per heavy atom. The number of hydrogen-bond acceptors (Lipinski definition) is 7. The molecule has 0 unspecified atom stereocenters. The first-order valence-electron chi connectivity index (χ1n) is 6.76. The lowest BCUT2D eigenvalue weighted by atomic mass is 10.2. The number of rotatable bonds is 4. The van der Waals surface area contributed by atoms with Crippen LogP contribution in [0.4, 0.5) is 0 Å². The number of methoxy groups -OCH3 is 1. The van der Waals surface area contributed by atoms with E-state index in [1.54, 1.807) is 19.2 Å². The Balaban J connectivity index is 1.97. The molecule has 8 nitrogen and oxygen atoms in total. The Kier molecular flexibility index (Phi) is 4.25. The second-order valence-corrected chi connectivity index (χ2v) is 5.06. The van der Waals surface area contributed by atoms with Crippen molar-refractivity contribution in [1.82, 2.24) is 14.9 Å². The molecule has 3 rings (SSSR count). The molecule has 0 saturated carbocycles. The van der Waals surface area contributed by atoms with E-state index in [4.69, 9.17) is 21.4 Å². The molecule has 2 aromatic heterocycles. The first-order chi connectivity index (χ1) is 11.6. The fraction of sp³-hybridized carbons (Fsp3) is 0.0667. The molecule has 0 fully saturated rings. The van der Waals surface area contributed by atoms with Crippen molar-refractivity contribution >= 4 is 18.4 Å². The molecule has 0 spiro atoms. The molecule has 3 aromatic rings. The maximum atomic E-state index is 11.4. The van der Waals surface area contributed by atoms with E-state index >= 15 is 0 Å². The topological polar surface area (TPSA) is 106 Å². The molecule has 2 N–H and O–H groups in total. The first-order valence-corrected chi connectivity index (χ1v) is 7.17.